The van der Waals surface area contributed by atoms with Gasteiger partial charge in [0.1, 0.15) is 5.82 Å². The SMILES string of the molecule is CC(C)(C)C(N)CC(=O)Nc1ccc(N2CCCC2)nc1. The number of carbonyl (C=O) groups excluding carboxylic acids is 1. The molecule has 5 nitrogen and oxygen atoms in total. The van der Waals surface area contributed by atoms with E-state index in [1.54, 1.807) is 6.20 Å². The lowest BCUT2D eigenvalue weighted by Crippen LogP contribution is -2.38. The van der Waals surface area contributed by atoms with E-state index in [4.69, 9.17) is 5.73 Å². The molecule has 0 bridgehead atoms. The topological polar surface area (TPSA) is 71.2 Å². The molecule has 1 aromatic heterocycles. The highest BCUT2D eigenvalue weighted by molar-refractivity contribution is 5.91. The van der Waals surface area contributed by atoms with E-state index in [1.807, 2.05) is 32.9 Å². The summed E-state index contributed by atoms with van der Waals surface area (Å²) in [5.41, 5.74) is 6.68. The Morgan fingerprint density at radius 1 is 1.38 bits per heavy atom. The number of anilines is 2. The molecule has 0 spiro atoms. The van der Waals surface area contributed by atoms with Crippen LogP contribution in [-0.4, -0.2) is 30.0 Å². The number of hydrogen-bond acceptors (Lipinski definition) is 4. The third-order valence-electron chi connectivity index (χ3n) is 3.98. The highest BCUT2D eigenvalue weighted by Gasteiger charge is 2.23. The van der Waals surface area contributed by atoms with Crippen molar-refractivity contribution >= 4 is 17.4 Å². The molecule has 1 fully saturated rings. The molecule has 1 amide bonds. The first kappa shape index (κ1) is 15.8. The summed E-state index contributed by atoms with van der Waals surface area (Å²) in [6, 6.07) is 3.71. The minimum atomic E-state index is -0.158. The number of hydrogen-bond donors (Lipinski definition) is 2. The average Bonchev–Trinajstić information content (AvgIpc) is 2.92. The minimum absolute atomic E-state index is 0.0619. The molecule has 1 aliphatic rings. The molecule has 1 saturated heterocycles. The van der Waals surface area contributed by atoms with Gasteiger partial charge in [-0.1, -0.05) is 20.8 Å². The first-order valence-electron chi connectivity index (χ1n) is 7.63. The standard InChI is InChI=1S/C16H26N4O/c1-16(2,3)13(17)10-15(21)19-12-6-7-14(18-11-12)20-8-4-5-9-20/h6-7,11,13H,4-5,8-10,17H2,1-3H3,(H,19,21). The van der Waals surface area contributed by atoms with Crippen LogP contribution in [0.15, 0.2) is 18.3 Å². The largest absolute Gasteiger partial charge is 0.357 e. The summed E-state index contributed by atoms with van der Waals surface area (Å²) >= 11 is 0. The van der Waals surface area contributed by atoms with Crippen LogP contribution in [0.25, 0.3) is 0 Å². The number of carbonyl (C=O) groups is 1. The van der Waals surface area contributed by atoms with Crippen LogP contribution >= 0.6 is 0 Å². The number of rotatable bonds is 4. The number of pyridine rings is 1. The lowest BCUT2D eigenvalue weighted by Gasteiger charge is -2.26. The van der Waals surface area contributed by atoms with Crippen molar-refractivity contribution in [3.63, 3.8) is 0 Å². The van der Waals surface area contributed by atoms with E-state index >= 15 is 0 Å². The van der Waals surface area contributed by atoms with E-state index in [9.17, 15) is 4.79 Å². The predicted octanol–water partition coefficient (Wildman–Crippen LogP) is 2.38. The van der Waals surface area contributed by atoms with Crippen molar-refractivity contribution in [1.29, 1.82) is 0 Å². The normalized spacial score (nSPS) is 16.9. The van der Waals surface area contributed by atoms with Crippen LogP contribution in [0, 0.1) is 5.41 Å². The van der Waals surface area contributed by atoms with E-state index in [1.165, 1.54) is 12.8 Å². The molecule has 116 valence electrons. The van der Waals surface area contributed by atoms with Gasteiger partial charge >= 0.3 is 0 Å². The Morgan fingerprint density at radius 2 is 2.05 bits per heavy atom. The fourth-order valence-corrected chi connectivity index (χ4v) is 2.31. The molecule has 21 heavy (non-hydrogen) atoms. The van der Waals surface area contributed by atoms with Gasteiger partial charge in [-0.3, -0.25) is 4.79 Å². The van der Waals surface area contributed by atoms with Crippen molar-refractivity contribution in [3.05, 3.63) is 18.3 Å². The number of nitrogens with zero attached hydrogens (tertiary/aromatic N) is 2. The zero-order valence-corrected chi connectivity index (χ0v) is 13.2. The summed E-state index contributed by atoms with van der Waals surface area (Å²) in [5.74, 6) is 0.921. The summed E-state index contributed by atoms with van der Waals surface area (Å²) in [6.45, 7) is 8.25. The molecular weight excluding hydrogens is 264 g/mol. The summed E-state index contributed by atoms with van der Waals surface area (Å²) in [7, 11) is 0. The van der Waals surface area contributed by atoms with Gasteiger partial charge in [0.25, 0.3) is 0 Å². The van der Waals surface area contributed by atoms with Gasteiger partial charge in [-0.15, -0.1) is 0 Å². The highest BCUT2D eigenvalue weighted by atomic mass is 16.1. The van der Waals surface area contributed by atoms with E-state index in [-0.39, 0.29) is 17.4 Å². The quantitative estimate of drug-likeness (QED) is 0.893. The molecule has 5 heteroatoms. The van der Waals surface area contributed by atoms with Crippen LogP contribution in [0.5, 0.6) is 0 Å². The first-order chi connectivity index (χ1) is 9.86. The molecular formula is C16H26N4O. The molecule has 0 saturated carbocycles. The molecule has 3 N–H and O–H groups in total. The number of amides is 1. The number of aromatic nitrogens is 1. The Balaban J connectivity index is 1.89. The molecule has 1 aromatic rings. The summed E-state index contributed by atoms with van der Waals surface area (Å²) < 4.78 is 0. The third-order valence-corrected chi connectivity index (χ3v) is 3.98. The Morgan fingerprint density at radius 3 is 2.57 bits per heavy atom. The summed E-state index contributed by atoms with van der Waals surface area (Å²) in [4.78, 5) is 18.7. The maximum absolute atomic E-state index is 12.0. The van der Waals surface area contributed by atoms with Crippen LogP contribution < -0.4 is 16.0 Å². The van der Waals surface area contributed by atoms with Crippen LogP contribution in [0.1, 0.15) is 40.0 Å². The minimum Gasteiger partial charge on any atom is -0.357 e. The summed E-state index contributed by atoms with van der Waals surface area (Å²) in [5, 5.41) is 2.86. The Kier molecular flexibility index (Phi) is 4.83. The maximum Gasteiger partial charge on any atom is 0.225 e. The first-order valence-corrected chi connectivity index (χ1v) is 7.63. The van der Waals surface area contributed by atoms with Gasteiger partial charge in [-0.05, 0) is 30.4 Å². The molecule has 1 atom stereocenters. The highest BCUT2D eigenvalue weighted by Crippen LogP contribution is 2.21. The third kappa shape index (κ3) is 4.43. The molecule has 0 aromatic carbocycles. The predicted molar refractivity (Wildman–Crippen MR) is 86.4 cm³/mol. The van der Waals surface area contributed by atoms with Gasteiger partial charge in [0, 0.05) is 25.6 Å². The number of nitrogens with two attached hydrogens (primary N) is 1. The molecule has 0 radical (unpaired) electrons. The fraction of sp³-hybridized carbons (Fsp3) is 0.625. The Labute approximate surface area is 126 Å². The van der Waals surface area contributed by atoms with E-state index in [2.05, 4.69) is 15.2 Å². The van der Waals surface area contributed by atoms with Crippen molar-refractivity contribution in [3.8, 4) is 0 Å². The van der Waals surface area contributed by atoms with Crippen LogP contribution in [0.2, 0.25) is 0 Å². The second-order valence-electron chi connectivity index (χ2n) is 6.82. The lowest BCUT2D eigenvalue weighted by molar-refractivity contribution is -0.117. The monoisotopic (exact) mass is 290 g/mol. The average molecular weight is 290 g/mol. The van der Waals surface area contributed by atoms with Crippen molar-refractivity contribution in [2.75, 3.05) is 23.3 Å². The van der Waals surface area contributed by atoms with Crippen molar-refractivity contribution in [2.24, 2.45) is 11.1 Å². The lowest BCUT2D eigenvalue weighted by atomic mass is 9.85. The Bertz CT molecular complexity index is 472. The van der Waals surface area contributed by atoms with E-state index < -0.39 is 0 Å². The molecule has 0 aliphatic carbocycles. The second kappa shape index (κ2) is 6.43. The van der Waals surface area contributed by atoms with Crippen LogP contribution in [0.4, 0.5) is 11.5 Å². The van der Waals surface area contributed by atoms with Gasteiger partial charge < -0.3 is 16.0 Å². The Hall–Kier alpha value is -1.62. The fourth-order valence-electron chi connectivity index (χ4n) is 2.31. The van der Waals surface area contributed by atoms with Crippen LogP contribution in [0.3, 0.4) is 0 Å². The molecule has 1 unspecified atom stereocenters. The van der Waals surface area contributed by atoms with E-state index in [0.29, 0.717) is 6.42 Å². The van der Waals surface area contributed by atoms with Gasteiger partial charge in [0.2, 0.25) is 5.91 Å². The van der Waals surface area contributed by atoms with Gasteiger partial charge in [0.05, 0.1) is 11.9 Å². The van der Waals surface area contributed by atoms with Gasteiger partial charge in [0.15, 0.2) is 0 Å². The van der Waals surface area contributed by atoms with E-state index in [0.717, 1.165) is 24.6 Å². The van der Waals surface area contributed by atoms with Crippen LogP contribution in [-0.2, 0) is 4.79 Å². The molecule has 1 aliphatic heterocycles. The molecule has 2 rings (SSSR count). The van der Waals surface area contributed by atoms with Crippen molar-refractivity contribution < 1.29 is 4.79 Å². The zero-order valence-electron chi connectivity index (χ0n) is 13.2. The maximum atomic E-state index is 12.0. The van der Waals surface area contributed by atoms with Gasteiger partial charge in [-0.25, -0.2) is 4.98 Å². The smallest absolute Gasteiger partial charge is 0.225 e. The van der Waals surface area contributed by atoms with Gasteiger partial charge in [-0.2, -0.15) is 0 Å². The number of nitrogens with one attached hydrogen (secondary N) is 1. The van der Waals surface area contributed by atoms with Crippen molar-refractivity contribution in [2.45, 2.75) is 46.1 Å². The molecule has 2 heterocycles. The van der Waals surface area contributed by atoms with Crippen molar-refractivity contribution in [1.82, 2.24) is 4.98 Å². The summed E-state index contributed by atoms with van der Waals surface area (Å²) in [6.07, 6.45) is 4.49. The zero-order chi connectivity index (χ0) is 15.5. The second-order valence-corrected chi connectivity index (χ2v) is 6.82.